The molecule has 0 aromatic heterocycles. The van der Waals surface area contributed by atoms with Crippen LogP contribution in [0.15, 0.2) is 0 Å². The molecule has 0 aromatic carbocycles. The number of ether oxygens (including phenoxy) is 1. The van der Waals surface area contributed by atoms with E-state index in [1.54, 1.807) is 6.92 Å². The van der Waals surface area contributed by atoms with Gasteiger partial charge in [0.05, 0.1) is 19.1 Å². The minimum Gasteiger partial charge on any atom is -0.466 e. The van der Waals surface area contributed by atoms with Crippen molar-refractivity contribution in [2.75, 3.05) is 19.7 Å². The van der Waals surface area contributed by atoms with E-state index >= 15 is 0 Å². The van der Waals surface area contributed by atoms with Gasteiger partial charge < -0.3 is 15.4 Å². The van der Waals surface area contributed by atoms with Gasteiger partial charge in [-0.3, -0.25) is 14.4 Å². The molecule has 6 nitrogen and oxygen atoms in total. The first-order chi connectivity index (χ1) is 7.97. The zero-order chi connectivity index (χ0) is 13.3. The normalized spacial score (nSPS) is 11.7. The van der Waals surface area contributed by atoms with E-state index in [1.807, 2.05) is 0 Å². The molecular weight excluding hydrogens is 224 g/mol. The fourth-order valence-corrected chi connectivity index (χ4v) is 1.23. The van der Waals surface area contributed by atoms with Crippen LogP contribution in [0.1, 0.15) is 27.2 Å². The number of hydrogen-bond acceptors (Lipinski definition) is 5. The second kappa shape index (κ2) is 8.69. The van der Waals surface area contributed by atoms with E-state index in [2.05, 4.69) is 10.6 Å². The number of ketones is 1. The molecule has 0 aliphatic rings. The Bertz CT molecular complexity index is 279. The van der Waals surface area contributed by atoms with Gasteiger partial charge in [0.15, 0.2) is 0 Å². The Hall–Kier alpha value is -1.43. The highest BCUT2D eigenvalue weighted by Crippen LogP contribution is 1.96. The number of carbonyl (C=O) groups is 3. The molecule has 98 valence electrons. The Kier molecular flexibility index (Phi) is 7.96. The quantitative estimate of drug-likeness (QED) is 0.449. The van der Waals surface area contributed by atoms with Gasteiger partial charge in [0, 0.05) is 20.0 Å². The summed E-state index contributed by atoms with van der Waals surface area (Å²) in [6, 6.07) is -0.553. The second-order valence-electron chi connectivity index (χ2n) is 3.61. The van der Waals surface area contributed by atoms with Gasteiger partial charge >= 0.3 is 5.97 Å². The molecule has 17 heavy (non-hydrogen) atoms. The van der Waals surface area contributed by atoms with Gasteiger partial charge in [-0.1, -0.05) is 0 Å². The lowest BCUT2D eigenvalue weighted by atomic mass is 10.1. The molecule has 0 aliphatic heterocycles. The number of carbonyl (C=O) groups excluding carboxylic acids is 3. The SMILES string of the molecule is CCOC(=O)CC(NCCNC(C)=O)C(C)=O. The van der Waals surface area contributed by atoms with Crippen molar-refractivity contribution in [3.63, 3.8) is 0 Å². The fraction of sp³-hybridized carbons (Fsp3) is 0.727. The van der Waals surface area contributed by atoms with Crippen molar-refractivity contribution in [3.05, 3.63) is 0 Å². The molecule has 6 heteroatoms. The number of hydrogen-bond donors (Lipinski definition) is 2. The zero-order valence-electron chi connectivity index (χ0n) is 10.5. The van der Waals surface area contributed by atoms with Gasteiger partial charge in [-0.05, 0) is 13.8 Å². The van der Waals surface area contributed by atoms with Crippen LogP contribution in [0.4, 0.5) is 0 Å². The van der Waals surface area contributed by atoms with Crippen LogP contribution in [-0.2, 0) is 19.1 Å². The van der Waals surface area contributed by atoms with Crippen LogP contribution in [0.2, 0.25) is 0 Å². The summed E-state index contributed by atoms with van der Waals surface area (Å²) in [5.41, 5.74) is 0. The van der Waals surface area contributed by atoms with E-state index < -0.39 is 12.0 Å². The van der Waals surface area contributed by atoms with E-state index in [0.29, 0.717) is 19.7 Å². The highest BCUT2D eigenvalue weighted by Gasteiger charge is 2.18. The van der Waals surface area contributed by atoms with Gasteiger partial charge in [0.25, 0.3) is 0 Å². The minimum atomic E-state index is -0.553. The third-order valence-corrected chi connectivity index (χ3v) is 2.06. The molecule has 1 unspecified atom stereocenters. The minimum absolute atomic E-state index is 0.0171. The average Bonchev–Trinajstić information content (AvgIpc) is 2.22. The Morgan fingerprint density at radius 2 is 1.82 bits per heavy atom. The molecule has 0 aliphatic carbocycles. The zero-order valence-corrected chi connectivity index (χ0v) is 10.5. The van der Waals surface area contributed by atoms with Crippen molar-refractivity contribution < 1.29 is 19.1 Å². The van der Waals surface area contributed by atoms with Gasteiger partial charge in [0.2, 0.25) is 5.91 Å². The molecule has 0 radical (unpaired) electrons. The highest BCUT2D eigenvalue weighted by molar-refractivity contribution is 5.86. The van der Waals surface area contributed by atoms with Crippen molar-refractivity contribution >= 4 is 17.7 Å². The Morgan fingerprint density at radius 3 is 2.29 bits per heavy atom. The maximum Gasteiger partial charge on any atom is 0.307 e. The first kappa shape index (κ1) is 15.6. The van der Waals surface area contributed by atoms with Crippen molar-refractivity contribution in [1.29, 1.82) is 0 Å². The lowest BCUT2D eigenvalue weighted by Crippen LogP contribution is -2.41. The van der Waals surface area contributed by atoms with Crippen molar-refractivity contribution in [2.45, 2.75) is 33.2 Å². The average molecular weight is 244 g/mol. The number of amides is 1. The third kappa shape index (κ3) is 8.38. The molecule has 0 bridgehead atoms. The van der Waals surface area contributed by atoms with Crippen molar-refractivity contribution in [1.82, 2.24) is 10.6 Å². The molecule has 0 fully saturated rings. The van der Waals surface area contributed by atoms with Gasteiger partial charge in [0.1, 0.15) is 5.78 Å². The van der Waals surface area contributed by atoms with Crippen LogP contribution in [-0.4, -0.2) is 43.4 Å². The Morgan fingerprint density at radius 1 is 1.18 bits per heavy atom. The van der Waals surface area contributed by atoms with Crippen LogP contribution < -0.4 is 10.6 Å². The summed E-state index contributed by atoms with van der Waals surface area (Å²) in [5, 5.41) is 5.49. The largest absolute Gasteiger partial charge is 0.466 e. The molecule has 0 saturated carbocycles. The van der Waals surface area contributed by atoms with Gasteiger partial charge in [-0.2, -0.15) is 0 Å². The van der Waals surface area contributed by atoms with E-state index in [1.165, 1.54) is 13.8 Å². The molecule has 0 heterocycles. The van der Waals surface area contributed by atoms with Crippen LogP contribution in [0, 0.1) is 0 Å². The lowest BCUT2D eigenvalue weighted by molar-refractivity contribution is -0.145. The van der Waals surface area contributed by atoms with Crippen LogP contribution in [0.25, 0.3) is 0 Å². The maximum atomic E-state index is 11.3. The number of esters is 1. The monoisotopic (exact) mass is 244 g/mol. The highest BCUT2D eigenvalue weighted by atomic mass is 16.5. The molecule has 0 saturated heterocycles. The van der Waals surface area contributed by atoms with E-state index in [9.17, 15) is 14.4 Å². The van der Waals surface area contributed by atoms with E-state index in [4.69, 9.17) is 4.74 Å². The predicted octanol–water partition coefficient (Wildman–Crippen LogP) is -0.377. The first-order valence-corrected chi connectivity index (χ1v) is 5.61. The summed E-state index contributed by atoms with van der Waals surface area (Å²) in [6.45, 7) is 5.70. The summed E-state index contributed by atoms with van der Waals surface area (Å²) in [6.07, 6.45) is 0.0171. The second-order valence-corrected chi connectivity index (χ2v) is 3.61. The van der Waals surface area contributed by atoms with Crippen molar-refractivity contribution in [2.24, 2.45) is 0 Å². The van der Waals surface area contributed by atoms with Crippen LogP contribution >= 0.6 is 0 Å². The Balaban J connectivity index is 3.95. The standard InChI is InChI=1S/C11H20N2O4/c1-4-17-11(16)7-10(8(2)14)13-6-5-12-9(3)15/h10,13H,4-7H2,1-3H3,(H,12,15). The Labute approximate surface area is 101 Å². The maximum absolute atomic E-state index is 11.3. The predicted molar refractivity (Wildman–Crippen MR) is 62.4 cm³/mol. The number of rotatable bonds is 8. The summed E-state index contributed by atoms with van der Waals surface area (Å²) in [5.74, 6) is -0.655. The third-order valence-electron chi connectivity index (χ3n) is 2.06. The molecule has 1 amide bonds. The van der Waals surface area contributed by atoms with Crippen molar-refractivity contribution in [3.8, 4) is 0 Å². The molecule has 0 spiro atoms. The topological polar surface area (TPSA) is 84.5 Å². The fourth-order valence-electron chi connectivity index (χ4n) is 1.23. The lowest BCUT2D eigenvalue weighted by Gasteiger charge is -2.15. The first-order valence-electron chi connectivity index (χ1n) is 5.61. The van der Waals surface area contributed by atoms with Crippen LogP contribution in [0.3, 0.4) is 0 Å². The van der Waals surface area contributed by atoms with Crippen LogP contribution in [0.5, 0.6) is 0 Å². The summed E-state index contributed by atoms with van der Waals surface area (Å²) in [7, 11) is 0. The molecule has 0 rings (SSSR count). The molecule has 2 N–H and O–H groups in total. The van der Waals surface area contributed by atoms with Gasteiger partial charge in [-0.25, -0.2) is 0 Å². The molecular formula is C11H20N2O4. The smallest absolute Gasteiger partial charge is 0.307 e. The van der Waals surface area contributed by atoms with E-state index in [0.717, 1.165) is 0 Å². The number of nitrogens with one attached hydrogen (secondary N) is 2. The summed E-state index contributed by atoms with van der Waals surface area (Å²) in [4.78, 5) is 33.1. The summed E-state index contributed by atoms with van der Waals surface area (Å²) >= 11 is 0. The molecule has 1 atom stereocenters. The van der Waals surface area contributed by atoms with Gasteiger partial charge in [-0.15, -0.1) is 0 Å². The molecule has 0 aromatic rings. The van der Waals surface area contributed by atoms with E-state index in [-0.39, 0.29) is 18.1 Å². The number of Topliss-reactive ketones (excluding diaryl/α,β-unsaturated/α-hetero) is 1. The summed E-state index contributed by atoms with van der Waals surface area (Å²) < 4.78 is 4.77.